The third-order valence-corrected chi connectivity index (χ3v) is 3.35. The Balaban J connectivity index is 2.28. The highest BCUT2D eigenvalue weighted by atomic mass is 35.5. The van der Waals surface area contributed by atoms with E-state index >= 15 is 0 Å². The number of benzene rings is 1. The summed E-state index contributed by atoms with van der Waals surface area (Å²) in [5.74, 6) is 0. The second-order valence-electron chi connectivity index (χ2n) is 3.85. The highest BCUT2D eigenvalue weighted by Crippen LogP contribution is 2.22. The van der Waals surface area contributed by atoms with Gasteiger partial charge in [-0.3, -0.25) is 4.68 Å². The van der Waals surface area contributed by atoms with Crippen molar-refractivity contribution in [3.8, 4) is 0 Å². The van der Waals surface area contributed by atoms with Crippen LogP contribution in [0.15, 0.2) is 24.4 Å². The highest BCUT2D eigenvalue weighted by Gasteiger charge is 2.07. The molecule has 0 amide bonds. The highest BCUT2D eigenvalue weighted by molar-refractivity contribution is 6.35. The molecule has 0 aliphatic heterocycles. The van der Waals surface area contributed by atoms with Gasteiger partial charge in [0.05, 0.1) is 12.7 Å². The fourth-order valence-electron chi connectivity index (χ4n) is 1.66. The summed E-state index contributed by atoms with van der Waals surface area (Å²) >= 11 is 12.0. The van der Waals surface area contributed by atoms with Crippen molar-refractivity contribution >= 4 is 23.2 Å². The van der Waals surface area contributed by atoms with Crippen molar-refractivity contribution in [1.82, 2.24) is 9.78 Å². The average Bonchev–Trinajstić information content (AvgIpc) is 2.64. The SMILES string of the molecule is Cc1c(CN)cnn1Cc1ccc(Cl)cc1Cl. The molecule has 0 radical (unpaired) electrons. The van der Waals surface area contributed by atoms with Gasteiger partial charge in [-0.1, -0.05) is 29.3 Å². The zero-order valence-electron chi connectivity index (χ0n) is 9.45. The molecule has 2 rings (SSSR count). The van der Waals surface area contributed by atoms with Crippen molar-refractivity contribution in [2.24, 2.45) is 5.73 Å². The Hall–Kier alpha value is -1.03. The molecule has 17 heavy (non-hydrogen) atoms. The molecule has 0 saturated heterocycles. The van der Waals surface area contributed by atoms with Gasteiger partial charge in [0.25, 0.3) is 0 Å². The van der Waals surface area contributed by atoms with Gasteiger partial charge in [0.2, 0.25) is 0 Å². The summed E-state index contributed by atoms with van der Waals surface area (Å²) < 4.78 is 1.89. The van der Waals surface area contributed by atoms with E-state index < -0.39 is 0 Å². The van der Waals surface area contributed by atoms with Gasteiger partial charge in [-0.2, -0.15) is 5.10 Å². The first-order valence-corrected chi connectivity index (χ1v) is 6.02. The Morgan fingerprint density at radius 2 is 2.06 bits per heavy atom. The maximum absolute atomic E-state index is 6.12. The van der Waals surface area contributed by atoms with E-state index in [0.717, 1.165) is 16.8 Å². The molecule has 2 aromatic rings. The third kappa shape index (κ3) is 2.63. The van der Waals surface area contributed by atoms with E-state index in [1.165, 1.54) is 0 Å². The van der Waals surface area contributed by atoms with Gasteiger partial charge >= 0.3 is 0 Å². The van der Waals surface area contributed by atoms with Crippen LogP contribution in [0.25, 0.3) is 0 Å². The first kappa shape index (κ1) is 12.4. The smallest absolute Gasteiger partial charge is 0.0677 e. The minimum atomic E-state index is 0.500. The summed E-state index contributed by atoms with van der Waals surface area (Å²) in [6, 6.07) is 5.47. The molecule has 0 saturated carbocycles. The number of nitrogens with two attached hydrogens (primary N) is 1. The molecule has 1 heterocycles. The zero-order valence-corrected chi connectivity index (χ0v) is 11.0. The maximum Gasteiger partial charge on any atom is 0.0677 e. The van der Waals surface area contributed by atoms with E-state index in [4.69, 9.17) is 28.9 Å². The van der Waals surface area contributed by atoms with E-state index in [9.17, 15) is 0 Å². The lowest BCUT2D eigenvalue weighted by atomic mass is 10.2. The van der Waals surface area contributed by atoms with Crippen LogP contribution in [0.1, 0.15) is 16.8 Å². The normalized spacial score (nSPS) is 10.8. The molecule has 2 N–H and O–H groups in total. The predicted octanol–water partition coefficient (Wildman–Crippen LogP) is 3.01. The molecule has 1 aromatic carbocycles. The van der Waals surface area contributed by atoms with Crippen LogP contribution in [0.2, 0.25) is 10.0 Å². The van der Waals surface area contributed by atoms with Crippen LogP contribution >= 0.6 is 23.2 Å². The Kier molecular flexibility index (Phi) is 3.72. The summed E-state index contributed by atoms with van der Waals surface area (Å²) in [6.07, 6.45) is 1.79. The van der Waals surface area contributed by atoms with Crippen LogP contribution in [0.5, 0.6) is 0 Å². The molecule has 90 valence electrons. The molecular weight excluding hydrogens is 257 g/mol. The number of hydrogen-bond acceptors (Lipinski definition) is 2. The van der Waals surface area contributed by atoms with Gasteiger partial charge in [-0.25, -0.2) is 0 Å². The molecule has 0 bridgehead atoms. The minimum absolute atomic E-state index is 0.500. The molecule has 0 unspecified atom stereocenters. The average molecular weight is 270 g/mol. The minimum Gasteiger partial charge on any atom is -0.326 e. The molecule has 3 nitrogen and oxygen atoms in total. The number of rotatable bonds is 3. The lowest BCUT2D eigenvalue weighted by molar-refractivity contribution is 0.663. The van der Waals surface area contributed by atoms with E-state index in [-0.39, 0.29) is 0 Å². The molecule has 0 atom stereocenters. The van der Waals surface area contributed by atoms with E-state index in [0.29, 0.717) is 23.1 Å². The van der Waals surface area contributed by atoms with Crippen molar-refractivity contribution in [2.75, 3.05) is 0 Å². The number of hydrogen-bond donors (Lipinski definition) is 1. The van der Waals surface area contributed by atoms with E-state index in [2.05, 4.69) is 5.10 Å². The first-order chi connectivity index (χ1) is 8.11. The largest absolute Gasteiger partial charge is 0.326 e. The first-order valence-electron chi connectivity index (χ1n) is 5.27. The maximum atomic E-state index is 6.12. The van der Waals surface area contributed by atoms with Crippen LogP contribution in [0.3, 0.4) is 0 Å². The van der Waals surface area contributed by atoms with Crippen LogP contribution in [-0.4, -0.2) is 9.78 Å². The van der Waals surface area contributed by atoms with Crippen molar-refractivity contribution < 1.29 is 0 Å². The van der Waals surface area contributed by atoms with Crippen LogP contribution < -0.4 is 5.73 Å². The van der Waals surface area contributed by atoms with Gasteiger partial charge in [0.15, 0.2) is 0 Å². The Morgan fingerprint density at radius 3 is 2.65 bits per heavy atom. The summed E-state index contributed by atoms with van der Waals surface area (Å²) in [5, 5.41) is 5.58. The van der Waals surface area contributed by atoms with E-state index in [1.54, 1.807) is 12.3 Å². The standard InChI is InChI=1S/C12H13Cl2N3/c1-8-10(5-15)6-16-17(8)7-9-2-3-11(13)4-12(9)14/h2-4,6H,5,7,15H2,1H3. The van der Waals surface area contributed by atoms with Crippen molar-refractivity contribution in [3.05, 3.63) is 51.3 Å². The molecule has 0 fully saturated rings. The lowest BCUT2D eigenvalue weighted by Crippen LogP contribution is -2.05. The van der Waals surface area contributed by atoms with E-state index in [1.807, 2.05) is 23.7 Å². The molecule has 1 aromatic heterocycles. The molecule has 0 spiro atoms. The molecule has 0 aliphatic rings. The quantitative estimate of drug-likeness (QED) is 0.931. The number of nitrogens with zero attached hydrogens (tertiary/aromatic N) is 2. The van der Waals surface area contributed by atoms with Crippen molar-refractivity contribution in [2.45, 2.75) is 20.0 Å². The zero-order chi connectivity index (χ0) is 12.4. The fraction of sp³-hybridized carbons (Fsp3) is 0.250. The van der Waals surface area contributed by atoms with Crippen molar-refractivity contribution in [3.63, 3.8) is 0 Å². The van der Waals surface area contributed by atoms with Crippen molar-refractivity contribution in [1.29, 1.82) is 0 Å². The van der Waals surface area contributed by atoms with Gasteiger partial charge in [-0.15, -0.1) is 0 Å². The van der Waals surface area contributed by atoms with Gasteiger partial charge < -0.3 is 5.73 Å². The van der Waals surface area contributed by atoms with Gasteiger partial charge in [0.1, 0.15) is 0 Å². The number of aromatic nitrogens is 2. The van der Waals surface area contributed by atoms with Gasteiger partial charge in [0, 0.05) is 27.8 Å². The molecule has 0 aliphatic carbocycles. The van der Waals surface area contributed by atoms with Crippen LogP contribution in [-0.2, 0) is 13.1 Å². The summed E-state index contributed by atoms with van der Waals surface area (Å²) in [7, 11) is 0. The number of halogens is 2. The van der Waals surface area contributed by atoms with Crippen LogP contribution in [0, 0.1) is 6.92 Å². The Morgan fingerprint density at radius 1 is 1.29 bits per heavy atom. The Bertz CT molecular complexity index is 535. The van der Waals surface area contributed by atoms with Gasteiger partial charge in [-0.05, 0) is 24.6 Å². The lowest BCUT2D eigenvalue weighted by Gasteiger charge is -2.07. The molecule has 5 heteroatoms. The second-order valence-corrected chi connectivity index (χ2v) is 4.70. The second kappa shape index (κ2) is 5.08. The fourth-order valence-corrected chi connectivity index (χ4v) is 2.12. The predicted molar refractivity (Wildman–Crippen MR) is 70.4 cm³/mol. The third-order valence-electron chi connectivity index (χ3n) is 2.76. The van der Waals surface area contributed by atoms with Crippen LogP contribution in [0.4, 0.5) is 0 Å². The summed E-state index contributed by atoms with van der Waals surface area (Å²) in [6.45, 7) is 3.13. The molecular formula is C12H13Cl2N3. The Labute approximate surface area is 110 Å². The topological polar surface area (TPSA) is 43.8 Å². The monoisotopic (exact) mass is 269 g/mol. The summed E-state index contributed by atoms with van der Waals surface area (Å²) in [4.78, 5) is 0. The summed E-state index contributed by atoms with van der Waals surface area (Å²) in [5.41, 5.74) is 8.72.